The molecule has 7 heteroatoms. The second kappa shape index (κ2) is 6.02. The molecule has 0 radical (unpaired) electrons. The lowest BCUT2D eigenvalue weighted by molar-refractivity contribution is 0.483. The predicted molar refractivity (Wildman–Crippen MR) is 81.2 cm³/mol. The Bertz CT molecular complexity index is 771. The van der Waals surface area contributed by atoms with Crippen molar-refractivity contribution in [3.05, 3.63) is 48.5 Å². The molecule has 0 saturated heterocycles. The van der Waals surface area contributed by atoms with E-state index in [9.17, 15) is 13.0 Å². The van der Waals surface area contributed by atoms with E-state index in [0.29, 0.717) is 5.69 Å². The van der Waals surface area contributed by atoms with Crippen LogP contribution >= 0.6 is 0 Å². The first-order chi connectivity index (χ1) is 9.89. The van der Waals surface area contributed by atoms with Gasteiger partial charge in [-0.25, -0.2) is 0 Å². The van der Waals surface area contributed by atoms with Crippen LogP contribution in [0.2, 0.25) is 0 Å². The minimum absolute atomic E-state index is 0.0913. The molecule has 0 bridgehead atoms. The van der Waals surface area contributed by atoms with Crippen LogP contribution in [0.4, 0.5) is 17.1 Å². The van der Waals surface area contributed by atoms with Gasteiger partial charge < -0.3 is 4.90 Å². The summed E-state index contributed by atoms with van der Waals surface area (Å²) >= 11 is 0. The number of azo groups is 1. The topological polar surface area (TPSA) is 82.3 Å². The van der Waals surface area contributed by atoms with Crippen LogP contribution in [0.1, 0.15) is 0 Å². The van der Waals surface area contributed by atoms with Gasteiger partial charge in [-0.05, 0) is 24.3 Å². The third-order valence-electron chi connectivity index (χ3n) is 2.77. The number of hydrogen-bond donors (Lipinski definition) is 1. The van der Waals surface area contributed by atoms with Gasteiger partial charge in [-0.3, -0.25) is 4.55 Å². The average molecular weight is 305 g/mol. The zero-order valence-corrected chi connectivity index (χ0v) is 12.4. The third kappa shape index (κ3) is 3.65. The van der Waals surface area contributed by atoms with Crippen molar-refractivity contribution >= 4 is 27.2 Å². The van der Waals surface area contributed by atoms with Crippen molar-refractivity contribution in [1.29, 1.82) is 0 Å². The summed E-state index contributed by atoms with van der Waals surface area (Å²) in [6, 6.07) is 13.2. The van der Waals surface area contributed by atoms with Gasteiger partial charge in [-0.2, -0.15) is 8.42 Å². The summed E-state index contributed by atoms with van der Waals surface area (Å²) in [7, 11) is -0.578. The molecule has 0 heterocycles. The van der Waals surface area contributed by atoms with Gasteiger partial charge in [0.25, 0.3) is 10.1 Å². The van der Waals surface area contributed by atoms with Gasteiger partial charge >= 0.3 is 0 Å². The normalized spacial score (nSPS) is 11.8. The number of rotatable bonds is 4. The maximum Gasteiger partial charge on any atom is 0.296 e. The van der Waals surface area contributed by atoms with Crippen LogP contribution in [-0.2, 0) is 10.1 Å². The van der Waals surface area contributed by atoms with Gasteiger partial charge in [-0.1, -0.05) is 24.3 Å². The first-order valence-electron chi connectivity index (χ1n) is 6.14. The molecule has 1 N–H and O–H groups in total. The molecule has 110 valence electrons. The Morgan fingerprint density at radius 1 is 0.905 bits per heavy atom. The number of anilines is 1. The van der Waals surface area contributed by atoms with Crippen LogP contribution < -0.4 is 4.90 Å². The largest absolute Gasteiger partial charge is 0.376 e. The Balaban J connectivity index is 2.44. The van der Waals surface area contributed by atoms with Crippen LogP contribution in [0.5, 0.6) is 0 Å². The Labute approximate surface area is 123 Å². The molecule has 0 aliphatic heterocycles. The summed E-state index contributed by atoms with van der Waals surface area (Å²) in [4.78, 5) is 1.61. The highest BCUT2D eigenvalue weighted by Gasteiger charge is 2.14. The zero-order chi connectivity index (χ0) is 15.5. The maximum absolute atomic E-state index is 11.3. The molecule has 2 aromatic rings. The molecule has 0 atom stereocenters. The van der Waals surface area contributed by atoms with E-state index in [2.05, 4.69) is 10.2 Å². The summed E-state index contributed by atoms with van der Waals surface area (Å²) in [6.45, 7) is 0. The van der Waals surface area contributed by atoms with E-state index >= 15 is 0 Å². The van der Waals surface area contributed by atoms with E-state index in [4.69, 9.17) is 0 Å². The summed E-state index contributed by atoms with van der Waals surface area (Å²) in [5.74, 6) is 0. The molecule has 0 aliphatic rings. The van der Waals surface area contributed by atoms with Crippen LogP contribution in [0, 0.1) is 0 Å². The number of para-hydroxylation sites is 1. The Kier molecular flexibility index (Phi) is 4.35. The molecule has 0 fully saturated rings. The van der Waals surface area contributed by atoms with Crippen molar-refractivity contribution in [3.63, 3.8) is 0 Å². The summed E-state index contributed by atoms with van der Waals surface area (Å²) in [5.41, 5.74) is 1.55. The number of nitrogens with zero attached hydrogens (tertiary/aromatic N) is 3. The van der Waals surface area contributed by atoms with E-state index in [0.717, 1.165) is 5.69 Å². The number of hydrogen-bond acceptors (Lipinski definition) is 5. The van der Waals surface area contributed by atoms with Gasteiger partial charge in [0.05, 0.1) is 5.69 Å². The van der Waals surface area contributed by atoms with Crippen molar-refractivity contribution in [3.8, 4) is 0 Å². The highest BCUT2D eigenvalue weighted by atomic mass is 32.2. The van der Waals surface area contributed by atoms with E-state index in [1.807, 2.05) is 37.2 Å². The molecule has 2 rings (SSSR count). The summed E-state index contributed by atoms with van der Waals surface area (Å²) in [5, 5.41) is 8.02. The van der Waals surface area contributed by atoms with Crippen molar-refractivity contribution in [2.75, 3.05) is 19.0 Å². The second-order valence-corrected chi connectivity index (χ2v) is 5.92. The minimum Gasteiger partial charge on any atom is -0.376 e. The first-order valence-corrected chi connectivity index (χ1v) is 7.58. The highest BCUT2D eigenvalue weighted by Crippen LogP contribution is 2.30. The lowest BCUT2D eigenvalue weighted by atomic mass is 10.2. The monoisotopic (exact) mass is 305 g/mol. The van der Waals surface area contributed by atoms with Gasteiger partial charge in [0.2, 0.25) is 0 Å². The van der Waals surface area contributed by atoms with Gasteiger partial charge in [-0.15, -0.1) is 10.2 Å². The van der Waals surface area contributed by atoms with Crippen molar-refractivity contribution in [2.24, 2.45) is 10.2 Å². The minimum atomic E-state index is -4.33. The Morgan fingerprint density at radius 3 is 2.05 bits per heavy atom. The summed E-state index contributed by atoms with van der Waals surface area (Å²) < 4.78 is 31.7. The fourth-order valence-electron chi connectivity index (χ4n) is 1.79. The molecular formula is C14H15N3O3S. The summed E-state index contributed by atoms with van der Waals surface area (Å²) in [6.07, 6.45) is 0. The molecular weight excluding hydrogens is 290 g/mol. The molecule has 0 saturated carbocycles. The molecule has 6 nitrogen and oxygen atoms in total. The van der Waals surface area contributed by atoms with Crippen LogP contribution in [0.3, 0.4) is 0 Å². The molecule has 21 heavy (non-hydrogen) atoms. The highest BCUT2D eigenvalue weighted by molar-refractivity contribution is 7.86. The Morgan fingerprint density at radius 2 is 1.43 bits per heavy atom. The molecule has 0 unspecified atom stereocenters. The van der Waals surface area contributed by atoms with Gasteiger partial charge in [0.15, 0.2) is 0 Å². The SMILES string of the molecule is CN(C)c1ccccc1/N=N/c1ccccc1S(=O)(=O)O. The van der Waals surface area contributed by atoms with Crippen molar-refractivity contribution < 1.29 is 13.0 Å². The van der Waals surface area contributed by atoms with Crippen molar-refractivity contribution in [1.82, 2.24) is 0 Å². The van der Waals surface area contributed by atoms with E-state index in [1.54, 1.807) is 12.1 Å². The van der Waals surface area contributed by atoms with Crippen molar-refractivity contribution in [2.45, 2.75) is 4.90 Å². The molecule has 0 spiro atoms. The number of benzene rings is 2. The molecule has 2 aromatic carbocycles. The van der Waals surface area contributed by atoms with Crippen LogP contribution in [0.25, 0.3) is 0 Å². The quantitative estimate of drug-likeness (QED) is 0.693. The standard InChI is InChI=1S/C14H15N3O3S/c1-17(2)13-9-5-3-7-11(13)15-16-12-8-4-6-10-14(12)21(18,19)20/h3-10H,1-2H3,(H,18,19,20)/b16-15+. The fraction of sp³-hybridized carbons (Fsp3) is 0.143. The van der Waals surface area contributed by atoms with Crippen LogP contribution in [0.15, 0.2) is 63.7 Å². The second-order valence-electron chi connectivity index (χ2n) is 4.53. The van der Waals surface area contributed by atoms with E-state index in [-0.39, 0.29) is 10.6 Å². The first kappa shape index (κ1) is 15.1. The molecule has 0 aromatic heterocycles. The zero-order valence-electron chi connectivity index (χ0n) is 11.6. The lowest BCUT2D eigenvalue weighted by Gasteiger charge is -2.13. The van der Waals surface area contributed by atoms with Gasteiger partial charge in [0.1, 0.15) is 16.3 Å². The molecule has 0 amide bonds. The maximum atomic E-state index is 11.3. The van der Waals surface area contributed by atoms with E-state index in [1.165, 1.54) is 18.2 Å². The fourth-order valence-corrected chi connectivity index (χ4v) is 2.42. The average Bonchev–Trinajstić information content (AvgIpc) is 2.44. The van der Waals surface area contributed by atoms with Gasteiger partial charge in [0, 0.05) is 14.1 Å². The van der Waals surface area contributed by atoms with E-state index < -0.39 is 10.1 Å². The smallest absolute Gasteiger partial charge is 0.296 e. The Hall–Kier alpha value is -2.25. The molecule has 0 aliphatic carbocycles. The lowest BCUT2D eigenvalue weighted by Crippen LogP contribution is -2.08. The van der Waals surface area contributed by atoms with Crippen LogP contribution in [-0.4, -0.2) is 27.1 Å². The predicted octanol–water partition coefficient (Wildman–Crippen LogP) is 3.41. The third-order valence-corrected chi connectivity index (χ3v) is 3.67.